The second-order valence-corrected chi connectivity index (χ2v) is 9.85. The van der Waals surface area contributed by atoms with E-state index in [1.807, 2.05) is 45.2 Å². The van der Waals surface area contributed by atoms with Crippen LogP contribution in [-0.4, -0.2) is 71.8 Å². The first kappa shape index (κ1) is 31.1. The second kappa shape index (κ2) is 14.1. The normalized spacial score (nSPS) is 13.6. The number of aliphatic hydroxyl groups is 1. The average molecular weight is 529 g/mol. The molecule has 2 rings (SSSR count). The number of nitriles is 1. The van der Waals surface area contributed by atoms with E-state index in [1.165, 1.54) is 11.1 Å². The molecular formula is C30H44N2O6. The highest BCUT2D eigenvalue weighted by molar-refractivity contribution is 5.56. The van der Waals surface area contributed by atoms with Gasteiger partial charge >= 0.3 is 0 Å². The SMILES string of the molecule is CCc1cc(OC)c(OC)cc1CCN(C)CC(O)CC(C#N)(c1cc(OC)c(OC)c(OC)c1)C(C)C. The summed E-state index contributed by atoms with van der Waals surface area (Å²) >= 11 is 0. The van der Waals surface area contributed by atoms with Crippen LogP contribution in [0.3, 0.4) is 0 Å². The summed E-state index contributed by atoms with van der Waals surface area (Å²) < 4.78 is 27.5. The maximum Gasteiger partial charge on any atom is 0.203 e. The molecular weight excluding hydrogens is 484 g/mol. The van der Waals surface area contributed by atoms with Crippen LogP contribution in [0.5, 0.6) is 28.7 Å². The summed E-state index contributed by atoms with van der Waals surface area (Å²) in [7, 11) is 9.92. The van der Waals surface area contributed by atoms with Crippen LogP contribution in [0, 0.1) is 17.2 Å². The summed E-state index contributed by atoms with van der Waals surface area (Å²) in [6, 6.07) is 10.2. The predicted octanol–water partition coefficient (Wildman–Crippen LogP) is 4.63. The number of nitrogens with zero attached hydrogens (tertiary/aromatic N) is 2. The second-order valence-electron chi connectivity index (χ2n) is 9.85. The van der Waals surface area contributed by atoms with E-state index in [-0.39, 0.29) is 12.3 Å². The van der Waals surface area contributed by atoms with E-state index in [0.29, 0.717) is 29.5 Å². The molecule has 2 aromatic rings. The van der Waals surface area contributed by atoms with Gasteiger partial charge in [0, 0.05) is 13.1 Å². The van der Waals surface area contributed by atoms with Crippen molar-refractivity contribution in [3.05, 3.63) is 41.0 Å². The molecule has 0 aromatic heterocycles. The minimum Gasteiger partial charge on any atom is -0.493 e. The van der Waals surface area contributed by atoms with Gasteiger partial charge in [-0.1, -0.05) is 20.8 Å². The fourth-order valence-electron chi connectivity index (χ4n) is 4.99. The maximum atomic E-state index is 11.2. The van der Waals surface area contributed by atoms with Gasteiger partial charge in [-0.05, 0) is 73.2 Å². The van der Waals surface area contributed by atoms with Crippen molar-refractivity contribution in [2.24, 2.45) is 5.92 Å². The molecule has 0 aliphatic rings. The summed E-state index contributed by atoms with van der Waals surface area (Å²) in [5.41, 5.74) is 2.18. The molecule has 2 atom stereocenters. The van der Waals surface area contributed by atoms with E-state index < -0.39 is 11.5 Å². The third-order valence-corrected chi connectivity index (χ3v) is 7.29. The lowest BCUT2D eigenvalue weighted by atomic mass is 9.69. The molecule has 0 fully saturated rings. The van der Waals surface area contributed by atoms with E-state index in [9.17, 15) is 10.4 Å². The standard InChI is InChI=1S/C30H44N2O6/c1-10-21-13-25(34-5)26(35-6)14-22(21)11-12-32(4)18-24(33)17-30(19-31,20(2)3)23-15-27(36-7)29(38-9)28(16-23)37-8/h13-16,20,24,33H,10-12,17-18H2,1-9H3. The molecule has 8 nitrogen and oxygen atoms in total. The zero-order chi connectivity index (χ0) is 28.5. The molecule has 0 spiro atoms. The lowest BCUT2D eigenvalue weighted by Gasteiger charge is -2.35. The smallest absolute Gasteiger partial charge is 0.203 e. The average Bonchev–Trinajstić information content (AvgIpc) is 2.92. The Morgan fingerprint density at radius 2 is 1.39 bits per heavy atom. The zero-order valence-corrected chi connectivity index (χ0v) is 24.4. The van der Waals surface area contributed by atoms with Gasteiger partial charge in [-0.3, -0.25) is 0 Å². The first-order valence-electron chi connectivity index (χ1n) is 13.0. The summed E-state index contributed by atoms with van der Waals surface area (Å²) in [5.74, 6) is 2.80. The number of rotatable bonds is 15. The van der Waals surface area contributed by atoms with E-state index >= 15 is 0 Å². The molecule has 0 heterocycles. The molecule has 0 bridgehead atoms. The predicted molar refractivity (Wildman–Crippen MR) is 149 cm³/mol. The first-order valence-corrected chi connectivity index (χ1v) is 13.0. The third-order valence-electron chi connectivity index (χ3n) is 7.29. The number of hydrogen-bond acceptors (Lipinski definition) is 8. The molecule has 210 valence electrons. The van der Waals surface area contributed by atoms with Gasteiger partial charge in [0.1, 0.15) is 0 Å². The van der Waals surface area contributed by atoms with E-state index in [4.69, 9.17) is 23.7 Å². The highest BCUT2D eigenvalue weighted by atomic mass is 16.5. The minimum absolute atomic E-state index is 0.0749. The number of hydrogen-bond donors (Lipinski definition) is 1. The van der Waals surface area contributed by atoms with Crippen molar-refractivity contribution in [2.75, 3.05) is 55.7 Å². The third kappa shape index (κ3) is 6.83. The van der Waals surface area contributed by atoms with Crippen molar-refractivity contribution >= 4 is 0 Å². The van der Waals surface area contributed by atoms with Crippen molar-refractivity contribution in [2.45, 2.75) is 51.6 Å². The van der Waals surface area contributed by atoms with Crippen LogP contribution >= 0.6 is 0 Å². The van der Waals surface area contributed by atoms with E-state index in [2.05, 4.69) is 17.9 Å². The summed E-state index contributed by atoms with van der Waals surface area (Å²) in [6.45, 7) is 7.27. The van der Waals surface area contributed by atoms with Gasteiger partial charge in [0.25, 0.3) is 0 Å². The number of methoxy groups -OCH3 is 5. The summed E-state index contributed by atoms with van der Waals surface area (Å²) in [5, 5.41) is 21.6. The van der Waals surface area contributed by atoms with Crippen LogP contribution in [0.2, 0.25) is 0 Å². The topological polar surface area (TPSA) is 93.4 Å². The Labute approximate surface area is 228 Å². The summed E-state index contributed by atoms with van der Waals surface area (Å²) in [6.07, 6.45) is 1.22. The lowest BCUT2D eigenvalue weighted by molar-refractivity contribution is 0.0932. The molecule has 38 heavy (non-hydrogen) atoms. The van der Waals surface area contributed by atoms with Crippen LogP contribution in [0.25, 0.3) is 0 Å². The number of aryl methyl sites for hydroxylation is 1. The van der Waals surface area contributed by atoms with Gasteiger partial charge in [-0.25, -0.2) is 0 Å². The molecule has 1 N–H and O–H groups in total. The fraction of sp³-hybridized carbons (Fsp3) is 0.567. The highest BCUT2D eigenvalue weighted by Crippen LogP contribution is 2.45. The Balaban J connectivity index is 2.23. The van der Waals surface area contributed by atoms with Crippen LogP contribution in [0.15, 0.2) is 24.3 Å². The Bertz CT molecular complexity index is 1070. The number of aliphatic hydroxyl groups excluding tert-OH is 1. The van der Waals surface area contributed by atoms with Crippen molar-refractivity contribution in [3.8, 4) is 34.8 Å². The van der Waals surface area contributed by atoms with E-state index in [0.717, 1.165) is 30.7 Å². The number of likely N-dealkylation sites (N-methyl/N-ethyl adjacent to an activating group) is 1. The Morgan fingerprint density at radius 1 is 0.868 bits per heavy atom. The molecule has 2 aromatic carbocycles. The van der Waals surface area contributed by atoms with Crippen molar-refractivity contribution < 1.29 is 28.8 Å². The Morgan fingerprint density at radius 3 is 1.82 bits per heavy atom. The molecule has 2 unspecified atom stereocenters. The minimum atomic E-state index is -0.953. The van der Waals surface area contributed by atoms with E-state index in [1.54, 1.807) is 35.5 Å². The van der Waals surface area contributed by atoms with Crippen LogP contribution in [0.1, 0.15) is 43.9 Å². The Hall–Kier alpha value is -3.15. The molecule has 0 amide bonds. The maximum absolute atomic E-state index is 11.2. The van der Waals surface area contributed by atoms with Gasteiger partial charge in [-0.2, -0.15) is 5.26 Å². The van der Waals surface area contributed by atoms with Gasteiger partial charge in [0.05, 0.1) is 53.1 Å². The monoisotopic (exact) mass is 528 g/mol. The molecule has 0 aliphatic carbocycles. The molecule has 0 saturated carbocycles. The molecule has 8 heteroatoms. The quantitative estimate of drug-likeness (QED) is 0.358. The highest BCUT2D eigenvalue weighted by Gasteiger charge is 2.39. The van der Waals surface area contributed by atoms with Crippen LogP contribution < -0.4 is 23.7 Å². The van der Waals surface area contributed by atoms with Gasteiger partial charge < -0.3 is 33.7 Å². The van der Waals surface area contributed by atoms with Gasteiger partial charge in [-0.15, -0.1) is 0 Å². The van der Waals surface area contributed by atoms with Crippen molar-refractivity contribution in [3.63, 3.8) is 0 Å². The van der Waals surface area contributed by atoms with Crippen molar-refractivity contribution in [1.29, 1.82) is 5.26 Å². The van der Waals surface area contributed by atoms with Crippen molar-refractivity contribution in [1.82, 2.24) is 4.90 Å². The fourth-order valence-corrected chi connectivity index (χ4v) is 4.99. The van der Waals surface area contributed by atoms with Gasteiger partial charge in [0.15, 0.2) is 23.0 Å². The Kier molecular flexibility index (Phi) is 11.6. The first-order chi connectivity index (χ1) is 18.1. The molecule has 0 radical (unpaired) electrons. The largest absolute Gasteiger partial charge is 0.493 e. The molecule has 0 saturated heterocycles. The summed E-state index contributed by atoms with van der Waals surface area (Å²) in [4.78, 5) is 2.10. The number of ether oxygens (including phenoxy) is 5. The lowest BCUT2D eigenvalue weighted by Crippen LogP contribution is -2.39. The van der Waals surface area contributed by atoms with Gasteiger partial charge in [0.2, 0.25) is 5.75 Å². The molecule has 0 aliphatic heterocycles. The zero-order valence-electron chi connectivity index (χ0n) is 24.4. The number of benzene rings is 2. The van der Waals surface area contributed by atoms with Crippen LogP contribution in [-0.2, 0) is 18.3 Å². The van der Waals surface area contributed by atoms with Crippen LogP contribution in [0.4, 0.5) is 0 Å².